The fraction of sp³-hybridized carbons (Fsp3) is 0.125. The van der Waals surface area contributed by atoms with Crippen molar-refractivity contribution in [3.05, 3.63) is 58.3 Å². The van der Waals surface area contributed by atoms with E-state index in [0.717, 1.165) is 6.07 Å². The lowest BCUT2D eigenvalue weighted by Crippen LogP contribution is -2.36. The normalized spacial score (nSPS) is 10.3. The number of nitrogens with one attached hydrogen (secondary N) is 1. The average Bonchev–Trinajstić information content (AvgIpc) is 2.50. The Morgan fingerprint density at radius 3 is 2.43 bits per heavy atom. The molecule has 23 heavy (non-hydrogen) atoms. The van der Waals surface area contributed by atoms with E-state index in [9.17, 15) is 14.0 Å². The van der Waals surface area contributed by atoms with Crippen LogP contribution in [-0.4, -0.2) is 18.4 Å². The summed E-state index contributed by atoms with van der Waals surface area (Å²) in [4.78, 5) is 25.1. The highest BCUT2D eigenvalue weighted by atomic mass is 35.5. The summed E-state index contributed by atoms with van der Waals surface area (Å²) in [5, 5.41) is 2.88. The summed E-state index contributed by atoms with van der Waals surface area (Å²) in [6.45, 7) is 1.06. The third-order valence-corrected chi connectivity index (χ3v) is 3.66. The van der Waals surface area contributed by atoms with Crippen molar-refractivity contribution in [2.45, 2.75) is 6.92 Å². The molecule has 7 heteroatoms. The Balaban J connectivity index is 2.16. The molecule has 0 aliphatic rings. The molecule has 0 radical (unpaired) electrons. The van der Waals surface area contributed by atoms with Crippen molar-refractivity contribution in [1.82, 2.24) is 0 Å². The topological polar surface area (TPSA) is 49.4 Å². The minimum absolute atomic E-state index is 0.125. The first-order valence-corrected chi connectivity index (χ1v) is 7.41. The van der Waals surface area contributed by atoms with E-state index in [1.165, 1.54) is 24.0 Å². The molecule has 0 saturated carbocycles. The van der Waals surface area contributed by atoms with Crippen LogP contribution in [0.25, 0.3) is 0 Å². The van der Waals surface area contributed by atoms with E-state index in [0.29, 0.717) is 16.4 Å². The van der Waals surface area contributed by atoms with Gasteiger partial charge in [0.2, 0.25) is 11.8 Å². The van der Waals surface area contributed by atoms with E-state index in [1.54, 1.807) is 24.3 Å². The zero-order valence-electron chi connectivity index (χ0n) is 12.1. The molecule has 0 fully saturated rings. The van der Waals surface area contributed by atoms with Crippen LogP contribution in [0.1, 0.15) is 6.92 Å². The molecule has 0 unspecified atom stereocenters. The zero-order valence-corrected chi connectivity index (χ0v) is 13.7. The second-order valence-electron chi connectivity index (χ2n) is 4.73. The average molecular weight is 355 g/mol. The van der Waals surface area contributed by atoms with E-state index in [-0.39, 0.29) is 17.5 Å². The number of anilines is 2. The van der Waals surface area contributed by atoms with Crippen LogP contribution >= 0.6 is 23.2 Å². The Morgan fingerprint density at radius 2 is 1.83 bits per heavy atom. The lowest BCUT2D eigenvalue weighted by atomic mass is 10.2. The Labute approximate surface area is 142 Å². The molecule has 2 aromatic rings. The second-order valence-corrected chi connectivity index (χ2v) is 5.55. The maximum absolute atomic E-state index is 13.2. The van der Waals surface area contributed by atoms with Gasteiger partial charge in [-0.3, -0.25) is 9.59 Å². The van der Waals surface area contributed by atoms with Gasteiger partial charge >= 0.3 is 0 Å². The minimum Gasteiger partial charge on any atom is -0.323 e. The van der Waals surface area contributed by atoms with Crippen molar-refractivity contribution < 1.29 is 14.0 Å². The monoisotopic (exact) mass is 354 g/mol. The van der Waals surface area contributed by atoms with Crippen LogP contribution in [0.5, 0.6) is 0 Å². The molecule has 2 rings (SSSR count). The van der Waals surface area contributed by atoms with Gasteiger partial charge in [-0.05, 0) is 30.3 Å². The van der Waals surface area contributed by atoms with E-state index in [2.05, 4.69) is 5.32 Å². The molecule has 0 aliphatic heterocycles. The molecule has 0 atom stereocenters. The molecule has 0 heterocycles. The van der Waals surface area contributed by atoms with Crippen molar-refractivity contribution >= 4 is 46.4 Å². The molecule has 4 nitrogen and oxygen atoms in total. The van der Waals surface area contributed by atoms with Gasteiger partial charge in [0.05, 0.1) is 15.7 Å². The zero-order chi connectivity index (χ0) is 17.0. The Kier molecular flexibility index (Phi) is 5.58. The van der Waals surface area contributed by atoms with Gasteiger partial charge < -0.3 is 10.2 Å². The fourth-order valence-corrected chi connectivity index (χ4v) is 2.29. The van der Waals surface area contributed by atoms with Gasteiger partial charge in [-0.1, -0.05) is 35.3 Å². The van der Waals surface area contributed by atoms with Crippen LogP contribution < -0.4 is 10.2 Å². The molecular formula is C16H13Cl2FN2O2. The highest BCUT2D eigenvalue weighted by Gasteiger charge is 2.17. The third-order valence-electron chi connectivity index (χ3n) is 3.04. The lowest BCUT2D eigenvalue weighted by molar-refractivity contribution is -0.120. The second kappa shape index (κ2) is 7.44. The highest BCUT2D eigenvalue weighted by molar-refractivity contribution is 6.33. The number of amides is 2. The number of carbonyl (C=O) groups excluding carboxylic acids is 2. The summed E-state index contributed by atoms with van der Waals surface area (Å²) in [5.74, 6) is -1.41. The number of rotatable bonds is 4. The predicted octanol–water partition coefficient (Wildman–Crippen LogP) is 4.12. The van der Waals surface area contributed by atoms with Crippen molar-refractivity contribution in [3.8, 4) is 0 Å². The maximum Gasteiger partial charge on any atom is 0.244 e. The molecule has 0 aromatic heterocycles. The van der Waals surface area contributed by atoms with Crippen molar-refractivity contribution in [2.24, 2.45) is 0 Å². The Morgan fingerprint density at radius 1 is 1.13 bits per heavy atom. The molecule has 0 aliphatic carbocycles. The van der Waals surface area contributed by atoms with E-state index >= 15 is 0 Å². The number of para-hydroxylation sites is 1. The number of benzene rings is 2. The van der Waals surface area contributed by atoms with Gasteiger partial charge in [-0.15, -0.1) is 0 Å². The van der Waals surface area contributed by atoms with Gasteiger partial charge in [0.25, 0.3) is 0 Å². The molecule has 2 amide bonds. The van der Waals surface area contributed by atoms with Crippen LogP contribution in [0, 0.1) is 5.82 Å². The summed E-state index contributed by atoms with van der Waals surface area (Å²) in [6, 6.07) is 10.6. The number of nitrogens with zero attached hydrogens (tertiary/aromatic N) is 1. The smallest absolute Gasteiger partial charge is 0.244 e. The maximum atomic E-state index is 13.2. The SMILES string of the molecule is CC(=O)N(CC(=O)Nc1ccccc1Cl)c1ccc(F)c(Cl)c1. The van der Waals surface area contributed by atoms with Gasteiger partial charge in [-0.25, -0.2) is 4.39 Å². The quantitative estimate of drug-likeness (QED) is 0.897. The van der Waals surface area contributed by atoms with Gasteiger partial charge in [-0.2, -0.15) is 0 Å². The molecule has 1 N–H and O–H groups in total. The number of carbonyl (C=O) groups is 2. The van der Waals surface area contributed by atoms with E-state index in [4.69, 9.17) is 23.2 Å². The summed E-state index contributed by atoms with van der Waals surface area (Å²) in [5.41, 5.74) is 0.776. The van der Waals surface area contributed by atoms with Crippen LogP contribution in [-0.2, 0) is 9.59 Å². The number of hydrogen-bond acceptors (Lipinski definition) is 2. The first-order valence-electron chi connectivity index (χ1n) is 6.66. The molecule has 0 bridgehead atoms. The van der Waals surface area contributed by atoms with Crippen LogP contribution in [0.2, 0.25) is 10.0 Å². The molecular weight excluding hydrogens is 342 g/mol. The number of halogens is 3. The van der Waals surface area contributed by atoms with Crippen molar-refractivity contribution in [3.63, 3.8) is 0 Å². The Bertz CT molecular complexity index is 753. The van der Waals surface area contributed by atoms with Crippen molar-refractivity contribution in [1.29, 1.82) is 0 Å². The first-order chi connectivity index (χ1) is 10.9. The molecule has 0 saturated heterocycles. The largest absolute Gasteiger partial charge is 0.323 e. The highest BCUT2D eigenvalue weighted by Crippen LogP contribution is 2.24. The molecule has 120 valence electrons. The van der Waals surface area contributed by atoms with Crippen molar-refractivity contribution in [2.75, 3.05) is 16.8 Å². The van der Waals surface area contributed by atoms with Gasteiger partial charge in [0.15, 0.2) is 0 Å². The standard InChI is InChI=1S/C16H13Cl2FN2O2/c1-10(22)21(11-6-7-14(19)13(18)8-11)9-16(23)20-15-5-3-2-4-12(15)17/h2-8H,9H2,1H3,(H,20,23). The first kappa shape index (κ1) is 17.2. The van der Waals surface area contributed by atoms with E-state index < -0.39 is 11.7 Å². The van der Waals surface area contributed by atoms with Crippen LogP contribution in [0.3, 0.4) is 0 Å². The van der Waals surface area contributed by atoms with Gasteiger partial charge in [0, 0.05) is 12.6 Å². The summed E-state index contributed by atoms with van der Waals surface area (Å²) >= 11 is 11.7. The summed E-state index contributed by atoms with van der Waals surface area (Å²) in [6.07, 6.45) is 0. The molecule has 2 aromatic carbocycles. The lowest BCUT2D eigenvalue weighted by Gasteiger charge is -2.21. The molecule has 0 spiro atoms. The summed E-state index contributed by atoms with van der Waals surface area (Å²) < 4.78 is 13.2. The van der Waals surface area contributed by atoms with Crippen LogP contribution in [0.15, 0.2) is 42.5 Å². The third kappa shape index (κ3) is 4.43. The van der Waals surface area contributed by atoms with E-state index in [1.807, 2.05) is 0 Å². The van der Waals surface area contributed by atoms with Crippen LogP contribution in [0.4, 0.5) is 15.8 Å². The fourth-order valence-electron chi connectivity index (χ4n) is 1.93. The summed E-state index contributed by atoms with van der Waals surface area (Å²) in [7, 11) is 0. The Hall–Kier alpha value is -2.11. The predicted molar refractivity (Wildman–Crippen MR) is 89.5 cm³/mol. The minimum atomic E-state index is -0.598. The van der Waals surface area contributed by atoms with Gasteiger partial charge in [0.1, 0.15) is 12.4 Å². The number of hydrogen-bond donors (Lipinski definition) is 1.